The maximum Gasteiger partial charge on any atom is 0.302 e. The lowest BCUT2D eigenvalue weighted by atomic mass is 9.82. The second kappa shape index (κ2) is 8.31. The van der Waals surface area contributed by atoms with Gasteiger partial charge in [-0.05, 0) is 11.8 Å². The number of ether oxygens (including phenoxy) is 3. The second-order valence-corrected chi connectivity index (χ2v) is 5.45. The van der Waals surface area contributed by atoms with Crippen molar-refractivity contribution in [3.05, 3.63) is 0 Å². The number of carbonyl (C=O) groups is 2. The number of amides is 1. The number of nitrogens with one attached hydrogen (secondary N) is 1. The number of rotatable bonds is 6. The van der Waals surface area contributed by atoms with Crippen LogP contribution in [0.25, 0.3) is 0 Å². The molecule has 1 rings (SSSR count). The highest BCUT2D eigenvalue weighted by atomic mass is 16.7. The third kappa shape index (κ3) is 5.26. The highest BCUT2D eigenvalue weighted by Gasteiger charge is 2.42. The normalized spacial score (nSPS) is 32.5. The van der Waals surface area contributed by atoms with E-state index in [4.69, 9.17) is 19.9 Å². The molecule has 0 aromatic carbocycles. The van der Waals surface area contributed by atoms with Crippen LogP contribution in [0.1, 0.15) is 27.7 Å². The van der Waals surface area contributed by atoms with Gasteiger partial charge in [-0.25, -0.2) is 0 Å². The minimum Gasteiger partial charge on any atom is -0.463 e. The Balaban J connectivity index is 2.77. The average Bonchev–Trinajstić information content (AvgIpc) is 2.41. The molecule has 0 bridgehead atoms. The summed E-state index contributed by atoms with van der Waals surface area (Å²) in [6.07, 6.45) is -0.860. The molecule has 7 nitrogen and oxygen atoms in total. The van der Waals surface area contributed by atoms with Crippen molar-refractivity contribution in [1.29, 1.82) is 0 Å². The van der Waals surface area contributed by atoms with Crippen LogP contribution in [-0.4, -0.2) is 50.1 Å². The van der Waals surface area contributed by atoms with Crippen LogP contribution in [0.2, 0.25) is 0 Å². The summed E-state index contributed by atoms with van der Waals surface area (Å²) in [5, 5.41) is 2.87. The van der Waals surface area contributed by atoms with Crippen molar-refractivity contribution in [3.8, 4) is 0 Å². The first-order valence-electron chi connectivity index (χ1n) is 7.24. The third-order valence-corrected chi connectivity index (χ3v) is 3.81. The molecule has 0 aliphatic carbocycles. The first kappa shape index (κ1) is 17.9. The van der Waals surface area contributed by atoms with Gasteiger partial charge in [-0.1, -0.05) is 13.8 Å². The van der Waals surface area contributed by atoms with Crippen molar-refractivity contribution >= 4 is 11.9 Å². The van der Waals surface area contributed by atoms with E-state index in [9.17, 15) is 9.59 Å². The molecule has 0 aromatic rings. The van der Waals surface area contributed by atoms with E-state index in [1.165, 1.54) is 13.8 Å². The first-order chi connectivity index (χ1) is 9.86. The van der Waals surface area contributed by atoms with Gasteiger partial charge in [0, 0.05) is 20.4 Å². The molecule has 1 heterocycles. The Labute approximate surface area is 125 Å². The zero-order chi connectivity index (χ0) is 16.0. The monoisotopic (exact) mass is 302 g/mol. The lowest BCUT2D eigenvalue weighted by Crippen LogP contribution is -2.58. The number of hydrogen-bond acceptors (Lipinski definition) is 6. The lowest BCUT2D eigenvalue weighted by Gasteiger charge is -2.44. The molecule has 0 saturated carbocycles. The molecule has 0 spiro atoms. The molecule has 0 aromatic heterocycles. The summed E-state index contributed by atoms with van der Waals surface area (Å²) in [7, 11) is 0. The van der Waals surface area contributed by atoms with Crippen molar-refractivity contribution < 1.29 is 23.8 Å². The molecule has 122 valence electrons. The molecule has 1 aliphatic rings. The van der Waals surface area contributed by atoms with Gasteiger partial charge in [0.25, 0.3) is 0 Å². The van der Waals surface area contributed by atoms with Crippen LogP contribution in [-0.2, 0) is 23.8 Å². The van der Waals surface area contributed by atoms with Crippen molar-refractivity contribution in [2.75, 3.05) is 19.8 Å². The van der Waals surface area contributed by atoms with E-state index in [0.717, 1.165) is 0 Å². The van der Waals surface area contributed by atoms with Gasteiger partial charge in [-0.3, -0.25) is 9.59 Å². The lowest BCUT2D eigenvalue weighted by molar-refractivity contribution is -0.243. The number of esters is 1. The zero-order valence-electron chi connectivity index (χ0n) is 13.1. The molecule has 1 amide bonds. The Kier molecular flexibility index (Phi) is 7.07. The van der Waals surface area contributed by atoms with Crippen molar-refractivity contribution in [3.63, 3.8) is 0 Å². The van der Waals surface area contributed by atoms with Gasteiger partial charge in [0.05, 0.1) is 18.8 Å². The first-order valence-corrected chi connectivity index (χ1v) is 7.24. The van der Waals surface area contributed by atoms with Crippen LogP contribution in [0, 0.1) is 11.8 Å². The molecule has 3 N–H and O–H groups in total. The average molecular weight is 302 g/mol. The molecular formula is C14H26N2O5. The van der Waals surface area contributed by atoms with E-state index in [0.29, 0.717) is 13.2 Å². The smallest absolute Gasteiger partial charge is 0.302 e. The van der Waals surface area contributed by atoms with Gasteiger partial charge in [0.15, 0.2) is 6.29 Å². The zero-order valence-corrected chi connectivity index (χ0v) is 13.1. The Bertz CT molecular complexity index is 361. The van der Waals surface area contributed by atoms with Crippen LogP contribution in [0.4, 0.5) is 0 Å². The summed E-state index contributed by atoms with van der Waals surface area (Å²) < 4.78 is 16.5. The minimum absolute atomic E-state index is 0.110. The van der Waals surface area contributed by atoms with E-state index in [2.05, 4.69) is 5.32 Å². The third-order valence-electron chi connectivity index (χ3n) is 3.81. The Morgan fingerprint density at radius 3 is 2.43 bits per heavy atom. The van der Waals surface area contributed by atoms with E-state index in [1.807, 2.05) is 13.8 Å². The molecule has 21 heavy (non-hydrogen) atoms. The largest absolute Gasteiger partial charge is 0.463 e. The quantitative estimate of drug-likeness (QED) is 0.671. The van der Waals surface area contributed by atoms with Gasteiger partial charge in [-0.2, -0.15) is 0 Å². The van der Waals surface area contributed by atoms with Crippen LogP contribution in [0.3, 0.4) is 0 Å². The summed E-state index contributed by atoms with van der Waals surface area (Å²) in [6.45, 7) is 7.73. The Morgan fingerprint density at radius 2 is 1.90 bits per heavy atom. The summed E-state index contributed by atoms with van der Waals surface area (Å²) in [4.78, 5) is 22.3. The summed E-state index contributed by atoms with van der Waals surface area (Å²) in [5.74, 6) is -0.255. The van der Waals surface area contributed by atoms with Gasteiger partial charge in [0.2, 0.25) is 5.91 Å². The van der Waals surface area contributed by atoms with Crippen molar-refractivity contribution in [2.24, 2.45) is 17.6 Å². The van der Waals surface area contributed by atoms with Gasteiger partial charge < -0.3 is 25.3 Å². The van der Waals surface area contributed by atoms with E-state index >= 15 is 0 Å². The van der Waals surface area contributed by atoms with Crippen LogP contribution < -0.4 is 11.1 Å². The van der Waals surface area contributed by atoms with E-state index < -0.39 is 6.29 Å². The standard InChI is InChI=1S/C14H26N2O5/c1-8-9(2)13(16-10(3)17)14(19-6-5-15)21-12(8)7-20-11(4)18/h8-9,12-14H,5-7,15H2,1-4H3,(H,16,17). The Hall–Kier alpha value is -1.18. The Morgan fingerprint density at radius 1 is 1.24 bits per heavy atom. The van der Waals surface area contributed by atoms with Crippen LogP contribution >= 0.6 is 0 Å². The molecule has 5 unspecified atom stereocenters. The molecule has 1 saturated heterocycles. The van der Waals surface area contributed by atoms with Crippen molar-refractivity contribution in [2.45, 2.75) is 46.1 Å². The van der Waals surface area contributed by atoms with Gasteiger partial charge in [0.1, 0.15) is 6.61 Å². The summed E-state index contributed by atoms with van der Waals surface area (Å²) in [5.41, 5.74) is 5.45. The molecule has 1 fully saturated rings. The molecular weight excluding hydrogens is 276 g/mol. The van der Waals surface area contributed by atoms with Gasteiger partial charge in [-0.15, -0.1) is 0 Å². The molecule has 5 atom stereocenters. The van der Waals surface area contributed by atoms with Crippen LogP contribution in [0.15, 0.2) is 0 Å². The van der Waals surface area contributed by atoms with Crippen LogP contribution in [0.5, 0.6) is 0 Å². The second-order valence-electron chi connectivity index (χ2n) is 5.45. The van der Waals surface area contributed by atoms with E-state index in [1.54, 1.807) is 0 Å². The highest BCUT2D eigenvalue weighted by molar-refractivity contribution is 5.73. The maximum atomic E-state index is 11.4. The predicted molar refractivity (Wildman–Crippen MR) is 76.2 cm³/mol. The number of hydrogen-bond donors (Lipinski definition) is 2. The SMILES string of the molecule is CC(=O)NC1C(OCCN)OC(COC(C)=O)C(C)C1C. The van der Waals surface area contributed by atoms with Crippen molar-refractivity contribution in [1.82, 2.24) is 5.32 Å². The fourth-order valence-electron chi connectivity index (χ4n) is 2.45. The maximum absolute atomic E-state index is 11.4. The topological polar surface area (TPSA) is 99.9 Å². The highest BCUT2D eigenvalue weighted by Crippen LogP contribution is 2.31. The number of carbonyl (C=O) groups excluding carboxylic acids is 2. The minimum atomic E-state index is -0.593. The number of nitrogens with two attached hydrogens (primary N) is 1. The summed E-state index contributed by atoms with van der Waals surface area (Å²) in [6, 6.07) is -0.252. The predicted octanol–water partition coefficient (Wildman–Crippen LogP) is 0.0266. The molecule has 0 radical (unpaired) electrons. The molecule has 1 aliphatic heterocycles. The van der Waals surface area contributed by atoms with Gasteiger partial charge >= 0.3 is 5.97 Å². The van der Waals surface area contributed by atoms with E-state index in [-0.39, 0.29) is 42.5 Å². The molecule has 7 heteroatoms. The fourth-order valence-corrected chi connectivity index (χ4v) is 2.45. The fraction of sp³-hybridized carbons (Fsp3) is 0.857. The summed E-state index contributed by atoms with van der Waals surface area (Å²) >= 11 is 0.